The number of piperidine rings is 1. The maximum atomic E-state index is 5.88. The molecule has 0 spiro atoms. The standard InChI is InChI=1S/C16H26N4/c1-13(17)14-5-6-16(18-11-14)20-10-7-15(12-20)19-8-3-2-4-9-19/h5-6,11,13,15H,2-4,7-10,12,17H2,1H3. The second-order valence-electron chi connectivity index (χ2n) is 6.22. The molecule has 2 saturated heterocycles. The molecule has 110 valence electrons. The summed E-state index contributed by atoms with van der Waals surface area (Å²) in [6.07, 6.45) is 7.36. The minimum absolute atomic E-state index is 0.0660. The average molecular weight is 274 g/mol. The number of pyridine rings is 1. The van der Waals surface area contributed by atoms with Gasteiger partial charge in [0.2, 0.25) is 0 Å². The van der Waals surface area contributed by atoms with Gasteiger partial charge in [0, 0.05) is 31.4 Å². The molecular formula is C16H26N4. The molecule has 4 heteroatoms. The molecule has 2 fully saturated rings. The van der Waals surface area contributed by atoms with Crippen molar-refractivity contribution in [1.29, 1.82) is 0 Å². The summed E-state index contributed by atoms with van der Waals surface area (Å²) in [7, 11) is 0. The Morgan fingerprint density at radius 2 is 2.00 bits per heavy atom. The maximum Gasteiger partial charge on any atom is 0.128 e. The van der Waals surface area contributed by atoms with E-state index in [0.717, 1.165) is 30.5 Å². The SMILES string of the molecule is CC(N)c1ccc(N2CCC(N3CCCCC3)C2)nc1. The third kappa shape index (κ3) is 2.96. The van der Waals surface area contributed by atoms with Gasteiger partial charge in [0.1, 0.15) is 5.82 Å². The molecule has 0 amide bonds. The topological polar surface area (TPSA) is 45.4 Å². The number of hydrogen-bond donors (Lipinski definition) is 1. The third-order valence-corrected chi connectivity index (χ3v) is 4.69. The van der Waals surface area contributed by atoms with Crippen LogP contribution >= 0.6 is 0 Å². The Balaban J connectivity index is 1.61. The molecule has 1 aromatic heterocycles. The largest absolute Gasteiger partial charge is 0.355 e. The van der Waals surface area contributed by atoms with Gasteiger partial charge in [0.05, 0.1) is 0 Å². The minimum atomic E-state index is 0.0660. The summed E-state index contributed by atoms with van der Waals surface area (Å²) in [5.74, 6) is 1.11. The van der Waals surface area contributed by atoms with Crippen LogP contribution in [0.5, 0.6) is 0 Å². The summed E-state index contributed by atoms with van der Waals surface area (Å²) in [5, 5.41) is 0. The van der Waals surface area contributed by atoms with E-state index in [9.17, 15) is 0 Å². The second kappa shape index (κ2) is 6.10. The van der Waals surface area contributed by atoms with Crippen molar-refractivity contribution in [1.82, 2.24) is 9.88 Å². The van der Waals surface area contributed by atoms with E-state index >= 15 is 0 Å². The fourth-order valence-electron chi connectivity index (χ4n) is 3.39. The maximum absolute atomic E-state index is 5.88. The molecule has 2 atom stereocenters. The number of hydrogen-bond acceptors (Lipinski definition) is 4. The number of aromatic nitrogens is 1. The van der Waals surface area contributed by atoms with Crippen LogP contribution in [0.2, 0.25) is 0 Å². The van der Waals surface area contributed by atoms with Crippen molar-refractivity contribution in [2.24, 2.45) is 5.73 Å². The highest BCUT2D eigenvalue weighted by atomic mass is 15.3. The molecule has 0 aliphatic carbocycles. The molecule has 3 heterocycles. The molecule has 2 aliphatic rings. The lowest BCUT2D eigenvalue weighted by Crippen LogP contribution is -2.40. The molecular weight excluding hydrogens is 248 g/mol. The zero-order valence-electron chi connectivity index (χ0n) is 12.5. The van der Waals surface area contributed by atoms with Crippen molar-refractivity contribution in [3.05, 3.63) is 23.9 Å². The number of nitrogens with two attached hydrogens (primary N) is 1. The van der Waals surface area contributed by atoms with Gasteiger partial charge in [-0.25, -0.2) is 4.98 Å². The summed E-state index contributed by atoms with van der Waals surface area (Å²) in [5.41, 5.74) is 6.99. The monoisotopic (exact) mass is 274 g/mol. The van der Waals surface area contributed by atoms with Crippen LogP contribution < -0.4 is 10.6 Å². The molecule has 0 aromatic carbocycles. The quantitative estimate of drug-likeness (QED) is 0.917. The molecule has 0 saturated carbocycles. The smallest absolute Gasteiger partial charge is 0.128 e. The first-order valence-electron chi connectivity index (χ1n) is 7.94. The fourth-order valence-corrected chi connectivity index (χ4v) is 3.39. The van der Waals surface area contributed by atoms with Crippen LogP contribution in [-0.4, -0.2) is 42.1 Å². The van der Waals surface area contributed by atoms with E-state index < -0.39 is 0 Å². The van der Waals surface area contributed by atoms with Gasteiger partial charge in [-0.1, -0.05) is 12.5 Å². The normalized spacial score (nSPS) is 25.9. The lowest BCUT2D eigenvalue weighted by atomic mass is 10.1. The Labute approximate surface area is 122 Å². The summed E-state index contributed by atoms with van der Waals surface area (Å²) in [6.45, 7) is 6.83. The highest BCUT2D eigenvalue weighted by Gasteiger charge is 2.28. The molecule has 0 radical (unpaired) electrons. The number of likely N-dealkylation sites (tertiary alicyclic amines) is 1. The van der Waals surface area contributed by atoms with E-state index in [2.05, 4.69) is 26.9 Å². The molecule has 4 nitrogen and oxygen atoms in total. The molecule has 0 bridgehead atoms. The minimum Gasteiger partial charge on any atom is -0.355 e. The predicted octanol–water partition coefficient (Wildman–Crippen LogP) is 2.17. The zero-order valence-corrected chi connectivity index (χ0v) is 12.5. The first-order valence-corrected chi connectivity index (χ1v) is 7.94. The Bertz CT molecular complexity index is 423. The highest BCUT2D eigenvalue weighted by molar-refractivity contribution is 5.41. The van der Waals surface area contributed by atoms with Gasteiger partial charge in [-0.15, -0.1) is 0 Å². The van der Waals surface area contributed by atoms with Crippen LogP contribution in [0.3, 0.4) is 0 Å². The van der Waals surface area contributed by atoms with Crippen LogP contribution in [-0.2, 0) is 0 Å². The molecule has 1 aromatic rings. The molecule has 2 unspecified atom stereocenters. The van der Waals surface area contributed by atoms with Crippen molar-refractivity contribution < 1.29 is 0 Å². The van der Waals surface area contributed by atoms with Crippen LogP contribution in [0.1, 0.15) is 44.2 Å². The van der Waals surface area contributed by atoms with Gasteiger partial charge >= 0.3 is 0 Å². The molecule has 3 rings (SSSR count). The van der Waals surface area contributed by atoms with Gasteiger partial charge in [0.15, 0.2) is 0 Å². The summed E-state index contributed by atoms with van der Waals surface area (Å²) in [6, 6.07) is 5.03. The van der Waals surface area contributed by atoms with Crippen LogP contribution in [0, 0.1) is 0 Å². The summed E-state index contributed by atoms with van der Waals surface area (Å²) >= 11 is 0. The lowest BCUT2D eigenvalue weighted by molar-refractivity contribution is 0.175. The Hall–Kier alpha value is -1.13. The summed E-state index contributed by atoms with van der Waals surface area (Å²) in [4.78, 5) is 9.69. The van der Waals surface area contributed by atoms with Crippen molar-refractivity contribution in [2.75, 3.05) is 31.1 Å². The molecule has 20 heavy (non-hydrogen) atoms. The van der Waals surface area contributed by atoms with E-state index in [-0.39, 0.29) is 6.04 Å². The van der Waals surface area contributed by atoms with Gasteiger partial charge in [0.25, 0.3) is 0 Å². The Kier molecular flexibility index (Phi) is 4.22. The van der Waals surface area contributed by atoms with Gasteiger partial charge in [-0.05, 0) is 50.9 Å². The third-order valence-electron chi connectivity index (χ3n) is 4.69. The van der Waals surface area contributed by atoms with Crippen molar-refractivity contribution in [2.45, 2.75) is 44.7 Å². The van der Waals surface area contributed by atoms with Gasteiger partial charge < -0.3 is 10.6 Å². The highest BCUT2D eigenvalue weighted by Crippen LogP contribution is 2.24. The second-order valence-corrected chi connectivity index (χ2v) is 6.22. The van der Waals surface area contributed by atoms with Crippen molar-refractivity contribution >= 4 is 5.82 Å². The van der Waals surface area contributed by atoms with Crippen molar-refractivity contribution in [3.63, 3.8) is 0 Å². The predicted molar refractivity (Wildman–Crippen MR) is 82.9 cm³/mol. The van der Waals surface area contributed by atoms with Crippen molar-refractivity contribution in [3.8, 4) is 0 Å². The Morgan fingerprint density at radius 3 is 2.65 bits per heavy atom. The van der Waals surface area contributed by atoms with Gasteiger partial charge in [-0.2, -0.15) is 0 Å². The van der Waals surface area contributed by atoms with E-state index in [1.807, 2.05) is 13.1 Å². The van der Waals surface area contributed by atoms with E-state index in [0.29, 0.717) is 0 Å². The average Bonchev–Trinajstić information content (AvgIpc) is 2.98. The summed E-state index contributed by atoms with van der Waals surface area (Å²) < 4.78 is 0. The number of anilines is 1. The van der Waals surface area contributed by atoms with Crippen LogP contribution in [0.25, 0.3) is 0 Å². The first kappa shape index (κ1) is 13.8. The number of rotatable bonds is 3. The van der Waals surface area contributed by atoms with Crippen LogP contribution in [0.15, 0.2) is 18.3 Å². The molecule has 2 aliphatic heterocycles. The van der Waals surface area contributed by atoms with E-state index in [1.54, 1.807) is 0 Å². The Morgan fingerprint density at radius 1 is 1.20 bits per heavy atom. The fraction of sp³-hybridized carbons (Fsp3) is 0.688. The van der Waals surface area contributed by atoms with E-state index in [1.165, 1.54) is 38.8 Å². The number of nitrogens with zero attached hydrogens (tertiary/aromatic N) is 3. The van der Waals surface area contributed by atoms with Crippen LogP contribution in [0.4, 0.5) is 5.82 Å². The van der Waals surface area contributed by atoms with Gasteiger partial charge in [-0.3, -0.25) is 4.90 Å². The lowest BCUT2D eigenvalue weighted by Gasteiger charge is -2.32. The molecule has 2 N–H and O–H groups in total. The van der Waals surface area contributed by atoms with E-state index in [4.69, 9.17) is 5.73 Å². The first-order chi connectivity index (χ1) is 9.74. The zero-order chi connectivity index (χ0) is 13.9.